The van der Waals surface area contributed by atoms with Crippen LogP contribution in [0.1, 0.15) is 5.56 Å². The van der Waals surface area contributed by atoms with Crippen LogP contribution in [0.25, 0.3) is 11.3 Å². The zero-order valence-corrected chi connectivity index (χ0v) is 13.9. The number of aryl methyl sites for hydroxylation is 1. The normalized spacial score (nSPS) is 15.7. The molecule has 2 aromatic rings. The van der Waals surface area contributed by atoms with E-state index in [0.29, 0.717) is 17.1 Å². The Hall–Kier alpha value is -1.69. The van der Waals surface area contributed by atoms with Crippen molar-refractivity contribution in [3.63, 3.8) is 0 Å². The van der Waals surface area contributed by atoms with Gasteiger partial charge in [-0.1, -0.05) is 29.8 Å². The first-order chi connectivity index (χ1) is 11.1. The first kappa shape index (κ1) is 16.2. The Bertz CT molecular complexity index is 739. The summed E-state index contributed by atoms with van der Waals surface area (Å²) >= 11 is 6.25. The molecule has 1 aromatic carbocycles. The average Bonchev–Trinajstić information content (AvgIpc) is 2.57. The molecular formula is C17H20ClN3O2. The molecule has 5 nitrogen and oxygen atoms in total. The molecule has 1 aliphatic heterocycles. The molecule has 0 N–H and O–H groups in total. The predicted molar refractivity (Wildman–Crippen MR) is 90.9 cm³/mol. The van der Waals surface area contributed by atoms with Gasteiger partial charge in [-0.05, 0) is 19.1 Å². The maximum atomic E-state index is 12.3. The van der Waals surface area contributed by atoms with E-state index in [2.05, 4.69) is 10.00 Å². The second-order valence-corrected chi connectivity index (χ2v) is 6.08. The number of aromatic nitrogens is 2. The van der Waals surface area contributed by atoms with Crippen LogP contribution in [-0.4, -0.2) is 47.5 Å². The number of hydrogen-bond donors (Lipinski definition) is 0. The van der Waals surface area contributed by atoms with Crippen LogP contribution in [0.4, 0.5) is 0 Å². The van der Waals surface area contributed by atoms with E-state index < -0.39 is 0 Å². The van der Waals surface area contributed by atoms with Crippen LogP contribution in [0.2, 0.25) is 5.02 Å². The van der Waals surface area contributed by atoms with E-state index in [0.717, 1.165) is 44.1 Å². The highest BCUT2D eigenvalue weighted by atomic mass is 35.5. The third kappa shape index (κ3) is 3.80. The Morgan fingerprint density at radius 2 is 1.96 bits per heavy atom. The van der Waals surface area contributed by atoms with E-state index >= 15 is 0 Å². The van der Waals surface area contributed by atoms with Crippen molar-refractivity contribution in [2.45, 2.75) is 13.5 Å². The molecule has 2 heterocycles. The molecule has 1 aromatic heterocycles. The van der Waals surface area contributed by atoms with E-state index in [1.807, 2.05) is 31.2 Å². The second-order valence-electron chi connectivity index (χ2n) is 5.67. The minimum atomic E-state index is -0.0472. The lowest BCUT2D eigenvalue weighted by molar-refractivity contribution is 0.0358. The SMILES string of the molecule is Cc1cc(-c2ccccc2Cl)nn(CCN2CCOCC2)c1=O. The molecule has 0 spiro atoms. The summed E-state index contributed by atoms with van der Waals surface area (Å²) in [6.07, 6.45) is 0. The van der Waals surface area contributed by atoms with Crippen LogP contribution in [0.3, 0.4) is 0 Å². The van der Waals surface area contributed by atoms with Crippen molar-refractivity contribution < 1.29 is 4.74 Å². The largest absolute Gasteiger partial charge is 0.379 e. The minimum absolute atomic E-state index is 0.0472. The van der Waals surface area contributed by atoms with Gasteiger partial charge in [0, 0.05) is 30.8 Å². The van der Waals surface area contributed by atoms with Crippen molar-refractivity contribution in [3.8, 4) is 11.3 Å². The molecule has 0 radical (unpaired) electrons. The third-order valence-corrected chi connectivity index (χ3v) is 4.36. The fourth-order valence-corrected chi connectivity index (χ4v) is 2.92. The van der Waals surface area contributed by atoms with E-state index in [-0.39, 0.29) is 5.56 Å². The van der Waals surface area contributed by atoms with E-state index in [9.17, 15) is 4.79 Å². The molecule has 1 fully saturated rings. The molecule has 0 aliphatic carbocycles. The van der Waals surface area contributed by atoms with Gasteiger partial charge in [-0.25, -0.2) is 4.68 Å². The number of ether oxygens (including phenoxy) is 1. The third-order valence-electron chi connectivity index (χ3n) is 4.03. The zero-order chi connectivity index (χ0) is 16.2. The summed E-state index contributed by atoms with van der Waals surface area (Å²) in [5, 5.41) is 5.15. The Kier molecular flexibility index (Phi) is 5.10. The van der Waals surface area contributed by atoms with Gasteiger partial charge >= 0.3 is 0 Å². The second kappa shape index (κ2) is 7.25. The molecule has 3 rings (SSSR count). The van der Waals surface area contributed by atoms with Gasteiger partial charge in [-0.15, -0.1) is 0 Å². The predicted octanol–water partition coefficient (Wildman–Crippen LogP) is 2.20. The van der Waals surface area contributed by atoms with Crippen molar-refractivity contribution in [2.24, 2.45) is 0 Å². The number of benzene rings is 1. The molecule has 1 saturated heterocycles. The lowest BCUT2D eigenvalue weighted by Gasteiger charge is -2.26. The zero-order valence-electron chi connectivity index (χ0n) is 13.2. The van der Waals surface area contributed by atoms with Gasteiger partial charge in [0.25, 0.3) is 5.56 Å². The van der Waals surface area contributed by atoms with Crippen LogP contribution in [-0.2, 0) is 11.3 Å². The van der Waals surface area contributed by atoms with Crippen LogP contribution >= 0.6 is 11.6 Å². The van der Waals surface area contributed by atoms with Gasteiger partial charge in [0.1, 0.15) is 0 Å². The highest BCUT2D eigenvalue weighted by Gasteiger charge is 2.13. The standard InChI is InChI=1S/C17H20ClN3O2/c1-13-12-16(14-4-2-3-5-15(14)18)19-21(17(13)22)7-6-20-8-10-23-11-9-20/h2-5,12H,6-11H2,1H3. The maximum absolute atomic E-state index is 12.3. The highest BCUT2D eigenvalue weighted by molar-refractivity contribution is 6.33. The number of morpholine rings is 1. The molecule has 23 heavy (non-hydrogen) atoms. The summed E-state index contributed by atoms with van der Waals surface area (Å²) in [4.78, 5) is 14.6. The summed E-state index contributed by atoms with van der Waals surface area (Å²) in [6, 6.07) is 9.35. The molecule has 0 unspecified atom stereocenters. The summed E-state index contributed by atoms with van der Waals surface area (Å²) in [5.74, 6) is 0. The highest BCUT2D eigenvalue weighted by Crippen LogP contribution is 2.25. The smallest absolute Gasteiger partial charge is 0.269 e. The van der Waals surface area contributed by atoms with Gasteiger partial charge in [-0.2, -0.15) is 5.10 Å². The molecule has 0 amide bonds. The van der Waals surface area contributed by atoms with Gasteiger partial charge in [0.05, 0.1) is 30.5 Å². The summed E-state index contributed by atoms with van der Waals surface area (Å²) in [5.41, 5.74) is 2.21. The van der Waals surface area contributed by atoms with Crippen molar-refractivity contribution in [2.75, 3.05) is 32.8 Å². The van der Waals surface area contributed by atoms with Crippen LogP contribution in [0.15, 0.2) is 35.1 Å². The number of hydrogen-bond acceptors (Lipinski definition) is 4. The van der Waals surface area contributed by atoms with Gasteiger partial charge < -0.3 is 4.74 Å². The van der Waals surface area contributed by atoms with Gasteiger partial charge in [-0.3, -0.25) is 9.69 Å². The quantitative estimate of drug-likeness (QED) is 0.860. The number of nitrogens with zero attached hydrogens (tertiary/aromatic N) is 3. The van der Waals surface area contributed by atoms with E-state index in [4.69, 9.17) is 16.3 Å². The molecular weight excluding hydrogens is 314 g/mol. The molecule has 1 aliphatic rings. The van der Waals surface area contributed by atoms with Crippen LogP contribution < -0.4 is 5.56 Å². The van der Waals surface area contributed by atoms with Crippen molar-refractivity contribution in [1.82, 2.24) is 14.7 Å². The lowest BCUT2D eigenvalue weighted by atomic mass is 10.1. The Morgan fingerprint density at radius 1 is 1.22 bits per heavy atom. The molecule has 0 atom stereocenters. The Morgan fingerprint density at radius 3 is 2.70 bits per heavy atom. The molecule has 0 bridgehead atoms. The minimum Gasteiger partial charge on any atom is -0.379 e. The fourth-order valence-electron chi connectivity index (χ4n) is 2.69. The van der Waals surface area contributed by atoms with Crippen LogP contribution in [0.5, 0.6) is 0 Å². The fraction of sp³-hybridized carbons (Fsp3) is 0.412. The Labute approximate surface area is 140 Å². The molecule has 122 valence electrons. The first-order valence-corrected chi connectivity index (χ1v) is 8.17. The molecule has 0 saturated carbocycles. The monoisotopic (exact) mass is 333 g/mol. The summed E-state index contributed by atoms with van der Waals surface area (Å²) < 4.78 is 6.89. The topological polar surface area (TPSA) is 47.4 Å². The molecule has 6 heteroatoms. The summed E-state index contributed by atoms with van der Waals surface area (Å²) in [6.45, 7) is 6.48. The average molecular weight is 334 g/mol. The summed E-state index contributed by atoms with van der Waals surface area (Å²) in [7, 11) is 0. The van der Waals surface area contributed by atoms with Gasteiger partial charge in [0.15, 0.2) is 0 Å². The maximum Gasteiger partial charge on any atom is 0.269 e. The lowest BCUT2D eigenvalue weighted by Crippen LogP contribution is -2.40. The van der Waals surface area contributed by atoms with Gasteiger partial charge in [0.2, 0.25) is 0 Å². The van der Waals surface area contributed by atoms with Crippen molar-refractivity contribution in [3.05, 3.63) is 51.3 Å². The number of rotatable bonds is 4. The van der Waals surface area contributed by atoms with E-state index in [1.54, 1.807) is 10.7 Å². The van der Waals surface area contributed by atoms with Crippen LogP contribution in [0, 0.1) is 6.92 Å². The van der Waals surface area contributed by atoms with Crippen molar-refractivity contribution in [1.29, 1.82) is 0 Å². The Balaban J connectivity index is 1.85. The first-order valence-electron chi connectivity index (χ1n) is 7.79. The van der Waals surface area contributed by atoms with Crippen molar-refractivity contribution >= 4 is 11.6 Å². The number of halogens is 1. The van der Waals surface area contributed by atoms with E-state index in [1.165, 1.54) is 0 Å².